The monoisotopic (exact) mass is 541 g/mol. The third-order valence-corrected chi connectivity index (χ3v) is 4.64. The van der Waals surface area contributed by atoms with Crippen molar-refractivity contribution in [1.29, 1.82) is 0 Å². The molecule has 1 aliphatic rings. The van der Waals surface area contributed by atoms with Crippen molar-refractivity contribution in [2.24, 2.45) is 10.7 Å². The second kappa shape index (κ2) is 14.8. The molecule has 0 spiro atoms. The molecule has 9 heteroatoms. The van der Waals surface area contributed by atoms with Gasteiger partial charge in [0.1, 0.15) is 19.0 Å². The molecule has 0 saturated carbocycles. The summed E-state index contributed by atoms with van der Waals surface area (Å²) in [5, 5.41) is 3.16. The zero-order valence-corrected chi connectivity index (χ0v) is 20.1. The maximum atomic E-state index is 5.95. The first-order valence-corrected chi connectivity index (χ1v) is 10.4. The topological polar surface area (TPSA) is 94.2 Å². The zero-order valence-electron chi connectivity index (χ0n) is 17.7. The lowest BCUT2D eigenvalue weighted by molar-refractivity contribution is 0.0376. The van der Waals surface area contributed by atoms with Crippen LogP contribution in [0.1, 0.15) is 12.0 Å². The average molecular weight is 541 g/mol. The van der Waals surface area contributed by atoms with Crippen molar-refractivity contribution in [2.45, 2.75) is 13.0 Å². The van der Waals surface area contributed by atoms with Crippen LogP contribution in [0.3, 0.4) is 0 Å². The molecule has 2 heterocycles. The van der Waals surface area contributed by atoms with Gasteiger partial charge in [0.2, 0.25) is 5.88 Å². The molecule has 170 valence electrons. The van der Waals surface area contributed by atoms with E-state index in [2.05, 4.69) is 20.2 Å². The molecule has 0 atom stereocenters. The first-order chi connectivity index (χ1) is 14.8. The van der Waals surface area contributed by atoms with Gasteiger partial charge in [0.25, 0.3) is 0 Å². The van der Waals surface area contributed by atoms with E-state index < -0.39 is 0 Å². The van der Waals surface area contributed by atoms with Crippen molar-refractivity contribution in [1.82, 2.24) is 15.2 Å². The van der Waals surface area contributed by atoms with Crippen LogP contribution in [-0.4, -0.2) is 68.4 Å². The van der Waals surface area contributed by atoms with Gasteiger partial charge >= 0.3 is 0 Å². The number of nitrogens with one attached hydrogen (secondary N) is 1. The van der Waals surface area contributed by atoms with Crippen LogP contribution >= 0.6 is 24.0 Å². The predicted molar refractivity (Wildman–Crippen MR) is 132 cm³/mol. The largest absolute Gasteiger partial charge is 0.490 e. The lowest BCUT2D eigenvalue weighted by atomic mass is 10.3. The molecule has 2 aromatic rings. The summed E-state index contributed by atoms with van der Waals surface area (Å²) in [4.78, 5) is 11.1. The maximum absolute atomic E-state index is 5.95. The number of aliphatic imine (C=N–C) groups is 1. The van der Waals surface area contributed by atoms with Gasteiger partial charge in [-0.25, -0.2) is 9.98 Å². The summed E-state index contributed by atoms with van der Waals surface area (Å²) in [5.74, 6) is 1.85. The first kappa shape index (κ1) is 25.2. The normalized spacial score (nSPS) is 14.5. The van der Waals surface area contributed by atoms with Gasteiger partial charge in [-0.3, -0.25) is 4.90 Å². The number of nitrogens with two attached hydrogens (primary N) is 1. The zero-order chi connectivity index (χ0) is 20.9. The molecule has 8 nitrogen and oxygen atoms in total. The van der Waals surface area contributed by atoms with E-state index in [4.69, 9.17) is 19.9 Å². The minimum absolute atomic E-state index is 0. The van der Waals surface area contributed by atoms with Gasteiger partial charge in [-0.15, -0.1) is 24.0 Å². The molecule has 0 aliphatic carbocycles. The molecule has 0 unspecified atom stereocenters. The molecule has 3 N–H and O–H groups in total. The Hall–Kier alpha value is -2.11. The molecular weight excluding hydrogens is 509 g/mol. The van der Waals surface area contributed by atoms with Crippen LogP contribution in [0.2, 0.25) is 0 Å². The van der Waals surface area contributed by atoms with Crippen LogP contribution in [0, 0.1) is 0 Å². The number of morpholine rings is 1. The van der Waals surface area contributed by atoms with Crippen molar-refractivity contribution >= 4 is 29.9 Å². The highest BCUT2D eigenvalue weighted by Gasteiger charge is 2.09. The van der Waals surface area contributed by atoms with E-state index in [1.807, 2.05) is 42.5 Å². The smallest absolute Gasteiger partial charge is 0.213 e. The van der Waals surface area contributed by atoms with Crippen molar-refractivity contribution < 1.29 is 14.2 Å². The third kappa shape index (κ3) is 10.2. The molecule has 1 aromatic carbocycles. The van der Waals surface area contributed by atoms with Crippen LogP contribution in [0.15, 0.2) is 53.7 Å². The summed E-state index contributed by atoms with van der Waals surface area (Å²) < 4.78 is 16.5. The Bertz CT molecular complexity index is 756. The molecule has 1 aromatic heterocycles. The van der Waals surface area contributed by atoms with Crippen molar-refractivity contribution in [3.8, 4) is 11.6 Å². The number of rotatable bonds is 11. The lowest BCUT2D eigenvalue weighted by Crippen LogP contribution is -2.39. The molecule has 3 rings (SSSR count). The second-order valence-electron chi connectivity index (χ2n) is 6.95. The van der Waals surface area contributed by atoms with E-state index in [0.717, 1.165) is 57.1 Å². The number of halogens is 1. The molecular formula is C22H32IN5O3. The van der Waals surface area contributed by atoms with E-state index >= 15 is 0 Å². The van der Waals surface area contributed by atoms with Crippen molar-refractivity contribution in [3.63, 3.8) is 0 Å². The standard InChI is InChI=1S/C22H31N5O3.HI/c23-22(24-9-4-10-27-11-13-28-14-12-27)26-18-19-7-8-21(25-17-19)30-16-15-29-20-5-2-1-3-6-20;/h1-3,5-8,17H,4,9-16,18H2,(H3,23,24,26);1H. The SMILES string of the molecule is I.NC(=NCc1ccc(OCCOc2ccccc2)nc1)NCCCN1CCOCC1. The Kier molecular flexibility index (Phi) is 12.0. The predicted octanol–water partition coefficient (Wildman–Crippen LogP) is 2.28. The molecule has 0 radical (unpaired) electrons. The summed E-state index contributed by atoms with van der Waals surface area (Å²) in [7, 11) is 0. The number of ether oxygens (including phenoxy) is 3. The summed E-state index contributed by atoms with van der Waals surface area (Å²) in [5.41, 5.74) is 6.92. The Morgan fingerprint density at radius 2 is 1.87 bits per heavy atom. The van der Waals surface area contributed by atoms with Crippen LogP contribution in [0.25, 0.3) is 0 Å². The number of benzene rings is 1. The van der Waals surface area contributed by atoms with Crippen LogP contribution in [0.5, 0.6) is 11.6 Å². The summed E-state index contributed by atoms with van der Waals surface area (Å²) in [6.07, 6.45) is 2.78. The van der Waals surface area contributed by atoms with Gasteiger partial charge in [-0.05, 0) is 30.7 Å². The van der Waals surface area contributed by atoms with Gasteiger partial charge in [0.15, 0.2) is 5.96 Å². The summed E-state index contributed by atoms with van der Waals surface area (Å²) >= 11 is 0. The van der Waals surface area contributed by atoms with Gasteiger partial charge < -0.3 is 25.3 Å². The maximum Gasteiger partial charge on any atom is 0.213 e. The highest BCUT2D eigenvalue weighted by molar-refractivity contribution is 14.0. The van der Waals surface area contributed by atoms with Crippen molar-refractivity contribution in [3.05, 3.63) is 54.2 Å². The highest BCUT2D eigenvalue weighted by atomic mass is 127. The second-order valence-corrected chi connectivity index (χ2v) is 6.95. The molecule has 1 saturated heterocycles. The minimum Gasteiger partial charge on any atom is -0.490 e. The number of nitrogens with zero attached hydrogens (tertiary/aromatic N) is 3. The van der Waals surface area contributed by atoms with E-state index in [1.165, 1.54) is 0 Å². The number of guanidine groups is 1. The Morgan fingerprint density at radius 1 is 1.10 bits per heavy atom. The number of para-hydroxylation sites is 1. The minimum atomic E-state index is 0. The van der Waals surface area contributed by atoms with Gasteiger partial charge in [-0.1, -0.05) is 24.3 Å². The number of hydrogen-bond acceptors (Lipinski definition) is 6. The molecule has 1 aliphatic heterocycles. The lowest BCUT2D eigenvalue weighted by Gasteiger charge is -2.26. The molecule has 0 bridgehead atoms. The Labute approximate surface area is 201 Å². The Morgan fingerprint density at radius 3 is 2.61 bits per heavy atom. The van der Waals surface area contributed by atoms with Gasteiger partial charge in [0.05, 0.1) is 19.8 Å². The van der Waals surface area contributed by atoms with E-state index in [1.54, 1.807) is 6.20 Å². The number of pyridine rings is 1. The fourth-order valence-corrected chi connectivity index (χ4v) is 2.99. The van der Waals surface area contributed by atoms with Crippen LogP contribution in [0.4, 0.5) is 0 Å². The van der Waals surface area contributed by atoms with Crippen LogP contribution in [-0.2, 0) is 11.3 Å². The third-order valence-electron chi connectivity index (χ3n) is 4.64. The van der Waals surface area contributed by atoms with E-state index in [-0.39, 0.29) is 24.0 Å². The fourth-order valence-electron chi connectivity index (χ4n) is 2.99. The molecule has 31 heavy (non-hydrogen) atoms. The number of hydrogen-bond donors (Lipinski definition) is 2. The van der Waals surface area contributed by atoms with Gasteiger partial charge in [-0.2, -0.15) is 0 Å². The van der Waals surface area contributed by atoms with Crippen molar-refractivity contribution in [2.75, 3.05) is 52.6 Å². The van der Waals surface area contributed by atoms with E-state index in [0.29, 0.717) is 31.6 Å². The first-order valence-electron chi connectivity index (χ1n) is 10.4. The summed E-state index contributed by atoms with van der Waals surface area (Å²) in [6.45, 7) is 6.91. The quantitative estimate of drug-likeness (QED) is 0.195. The number of aromatic nitrogens is 1. The highest BCUT2D eigenvalue weighted by Crippen LogP contribution is 2.10. The Balaban J connectivity index is 0.00000341. The molecule has 0 amide bonds. The summed E-state index contributed by atoms with van der Waals surface area (Å²) in [6, 6.07) is 13.4. The fraction of sp³-hybridized carbons (Fsp3) is 0.455. The van der Waals surface area contributed by atoms with Gasteiger partial charge in [0, 0.05) is 31.9 Å². The molecule has 1 fully saturated rings. The van der Waals surface area contributed by atoms with E-state index in [9.17, 15) is 0 Å². The average Bonchev–Trinajstić information content (AvgIpc) is 2.80. The van der Waals surface area contributed by atoms with Crippen LogP contribution < -0.4 is 20.5 Å².